The van der Waals surface area contributed by atoms with Crippen LogP contribution in [0.25, 0.3) is 0 Å². The van der Waals surface area contributed by atoms with Crippen molar-refractivity contribution < 1.29 is 13.9 Å². The van der Waals surface area contributed by atoms with E-state index < -0.39 is 12.1 Å². The Morgan fingerprint density at radius 3 is 2.33 bits per heavy atom. The number of rotatable bonds is 3. The highest BCUT2D eigenvalue weighted by molar-refractivity contribution is 5.76. The molecule has 1 atom stereocenters. The molecule has 2 nitrogen and oxygen atoms in total. The van der Waals surface area contributed by atoms with Gasteiger partial charge in [0.05, 0.1) is 6.61 Å². The number of halogens is 1. The molecule has 0 amide bonds. The van der Waals surface area contributed by atoms with Crippen molar-refractivity contribution in [2.24, 2.45) is 0 Å². The number of benzene rings is 1. The minimum Gasteiger partial charge on any atom is -0.464 e. The third-order valence-electron chi connectivity index (χ3n) is 2.03. The highest BCUT2D eigenvalue weighted by Gasteiger charge is 2.21. The van der Waals surface area contributed by atoms with E-state index in [1.54, 1.807) is 19.1 Å². The molecule has 15 heavy (non-hydrogen) atoms. The van der Waals surface area contributed by atoms with Crippen molar-refractivity contribution >= 4 is 5.97 Å². The Hall–Kier alpha value is -1.38. The molecule has 1 aromatic carbocycles. The zero-order chi connectivity index (χ0) is 11.4. The summed E-state index contributed by atoms with van der Waals surface area (Å²) in [5.74, 6) is -0.817. The van der Waals surface area contributed by atoms with Gasteiger partial charge in [0.25, 0.3) is 0 Å². The van der Waals surface area contributed by atoms with Gasteiger partial charge >= 0.3 is 5.97 Å². The summed E-state index contributed by atoms with van der Waals surface area (Å²) in [6.45, 7) is 5.60. The molecule has 0 saturated carbocycles. The number of carbonyl (C=O) groups excluding carboxylic acids is 1. The molecule has 1 unspecified atom stereocenters. The Balaban J connectivity index is 2.90. The first-order valence-corrected chi connectivity index (χ1v) is 4.93. The second kappa shape index (κ2) is 4.91. The van der Waals surface area contributed by atoms with Gasteiger partial charge in [-0.15, -0.1) is 0 Å². The summed E-state index contributed by atoms with van der Waals surface area (Å²) in [7, 11) is 0. The predicted molar refractivity (Wildman–Crippen MR) is 56.4 cm³/mol. The maximum absolute atomic E-state index is 13.6. The first-order chi connectivity index (χ1) is 7.04. The summed E-state index contributed by atoms with van der Waals surface area (Å²) >= 11 is 0. The van der Waals surface area contributed by atoms with Crippen LogP contribution in [0.4, 0.5) is 4.39 Å². The monoisotopic (exact) mass is 210 g/mol. The lowest BCUT2D eigenvalue weighted by Crippen LogP contribution is -2.12. The number of carbonyl (C=O) groups is 1. The zero-order valence-corrected chi connectivity index (χ0v) is 9.21. The summed E-state index contributed by atoms with van der Waals surface area (Å²) in [6, 6.07) is 5.25. The second-order valence-electron chi connectivity index (χ2n) is 3.54. The molecule has 1 rings (SSSR count). The van der Waals surface area contributed by atoms with Crippen molar-refractivity contribution in [1.29, 1.82) is 0 Å². The third-order valence-corrected chi connectivity index (χ3v) is 2.03. The van der Waals surface area contributed by atoms with Crippen LogP contribution in [0.5, 0.6) is 0 Å². The molecule has 0 spiro atoms. The molecule has 0 aliphatic rings. The standard InChI is InChI=1S/C12H15FO2/c1-4-15-12(14)11(13)10-6-8(2)5-9(3)7-10/h5-7,11H,4H2,1-3H3. The van der Waals surface area contributed by atoms with E-state index in [-0.39, 0.29) is 6.61 Å². The molecule has 0 aliphatic heterocycles. The van der Waals surface area contributed by atoms with Crippen molar-refractivity contribution in [3.8, 4) is 0 Å². The van der Waals surface area contributed by atoms with Gasteiger partial charge < -0.3 is 4.74 Å². The van der Waals surface area contributed by atoms with Gasteiger partial charge in [-0.2, -0.15) is 0 Å². The molecular weight excluding hydrogens is 195 g/mol. The van der Waals surface area contributed by atoms with Crippen LogP contribution in [0.15, 0.2) is 18.2 Å². The van der Waals surface area contributed by atoms with Gasteiger partial charge in [-0.3, -0.25) is 0 Å². The Morgan fingerprint density at radius 1 is 1.33 bits per heavy atom. The van der Waals surface area contributed by atoms with Gasteiger partial charge in [0.2, 0.25) is 6.17 Å². The minimum absolute atomic E-state index is 0.198. The maximum atomic E-state index is 13.6. The number of esters is 1. The van der Waals surface area contributed by atoms with E-state index in [0.717, 1.165) is 11.1 Å². The van der Waals surface area contributed by atoms with E-state index >= 15 is 0 Å². The normalized spacial score (nSPS) is 12.3. The molecule has 0 radical (unpaired) electrons. The molecule has 0 aromatic heterocycles. The lowest BCUT2D eigenvalue weighted by atomic mass is 10.0. The van der Waals surface area contributed by atoms with Crippen LogP contribution in [-0.2, 0) is 9.53 Å². The van der Waals surface area contributed by atoms with Gasteiger partial charge in [-0.25, -0.2) is 9.18 Å². The van der Waals surface area contributed by atoms with Crippen LogP contribution in [-0.4, -0.2) is 12.6 Å². The summed E-state index contributed by atoms with van der Waals surface area (Å²) < 4.78 is 18.2. The largest absolute Gasteiger partial charge is 0.464 e. The van der Waals surface area contributed by atoms with Crippen molar-refractivity contribution in [1.82, 2.24) is 0 Å². The number of hydrogen-bond donors (Lipinski definition) is 0. The molecule has 1 aromatic rings. The summed E-state index contributed by atoms with van der Waals surface area (Å²) in [6.07, 6.45) is -1.68. The molecular formula is C12H15FO2. The SMILES string of the molecule is CCOC(=O)C(F)c1cc(C)cc(C)c1. The van der Waals surface area contributed by atoms with Crippen LogP contribution in [0.3, 0.4) is 0 Å². The number of hydrogen-bond acceptors (Lipinski definition) is 2. The van der Waals surface area contributed by atoms with Crippen LogP contribution in [0.1, 0.15) is 29.8 Å². The lowest BCUT2D eigenvalue weighted by Gasteiger charge is -2.09. The van der Waals surface area contributed by atoms with Crippen LogP contribution >= 0.6 is 0 Å². The first-order valence-electron chi connectivity index (χ1n) is 4.93. The second-order valence-corrected chi connectivity index (χ2v) is 3.54. The van der Waals surface area contributed by atoms with E-state index in [9.17, 15) is 9.18 Å². The maximum Gasteiger partial charge on any atom is 0.345 e. The quantitative estimate of drug-likeness (QED) is 0.717. The van der Waals surface area contributed by atoms with Crippen molar-refractivity contribution in [2.45, 2.75) is 26.9 Å². The summed E-state index contributed by atoms with van der Waals surface area (Å²) in [4.78, 5) is 11.2. The molecule has 0 N–H and O–H groups in total. The van der Waals surface area contributed by atoms with E-state index in [0.29, 0.717) is 5.56 Å². The van der Waals surface area contributed by atoms with Gasteiger partial charge in [-0.05, 0) is 26.3 Å². The third kappa shape index (κ3) is 3.05. The Bertz CT molecular complexity index is 340. The average molecular weight is 210 g/mol. The fraction of sp³-hybridized carbons (Fsp3) is 0.417. The van der Waals surface area contributed by atoms with E-state index in [2.05, 4.69) is 4.74 Å². The van der Waals surface area contributed by atoms with Crippen LogP contribution < -0.4 is 0 Å². The topological polar surface area (TPSA) is 26.3 Å². The lowest BCUT2D eigenvalue weighted by molar-refractivity contribution is -0.149. The van der Waals surface area contributed by atoms with E-state index in [4.69, 9.17) is 0 Å². The number of ether oxygens (including phenoxy) is 1. The molecule has 82 valence electrons. The molecule has 3 heteroatoms. The Morgan fingerprint density at radius 2 is 1.87 bits per heavy atom. The number of alkyl halides is 1. The van der Waals surface area contributed by atoms with Gasteiger partial charge in [-0.1, -0.05) is 29.3 Å². The number of aryl methyl sites for hydroxylation is 2. The summed E-state index contributed by atoms with van der Waals surface area (Å²) in [5.41, 5.74) is 2.25. The van der Waals surface area contributed by atoms with E-state index in [1.807, 2.05) is 19.9 Å². The van der Waals surface area contributed by atoms with Gasteiger partial charge in [0.15, 0.2) is 0 Å². The van der Waals surface area contributed by atoms with Crippen LogP contribution in [0.2, 0.25) is 0 Å². The zero-order valence-electron chi connectivity index (χ0n) is 9.21. The highest BCUT2D eigenvalue weighted by atomic mass is 19.1. The first kappa shape index (κ1) is 11.7. The van der Waals surface area contributed by atoms with Crippen LogP contribution in [0, 0.1) is 13.8 Å². The predicted octanol–water partition coefficient (Wildman–Crippen LogP) is 2.88. The average Bonchev–Trinajstić information content (AvgIpc) is 2.15. The molecule has 0 saturated heterocycles. The molecule has 0 heterocycles. The van der Waals surface area contributed by atoms with Gasteiger partial charge in [0.1, 0.15) is 0 Å². The molecule has 0 aliphatic carbocycles. The van der Waals surface area contributed by atoms with Crippen molar-refractivity contribution in [3.05, 3.63) is 34.9 Å². The molecule has 0 bridgehead atoms. The fourth-order valence-corrected chi connectivity index (χ4v) is 1.51. The van der Waals surface area contributed by atoms with Crippen molar-refractivity contribution in [2.75, 3.05) is 6.61 Å². The Kier molecular flexibility index (Phi) is 3.83. The smallest absolute Gasteiger partial charge is 0.345 e. The van der Waals surface area contributed by atoms with E-state index in [1.165, 1.54) is 0 Å². The fourth-order valence-electron chi connectivity index (χ4n) is 1.51. The summed E-state index contributed by atoms with van der Waals surface area (Å²) in [5, 5.41) is 0. The molecule has 0 fully saturated rings. The minimum atomic E-state index is -1.68. The Labute approximate surface area is 89.1 Å². The highest BCUT2D eigenvalue weighted by Crippen LogP contribution is 2.21. The van der Waals surface area contributed by atoms with Crippen molar-refractivity contribution in [3.63, 3.8) is 0 Å². The van der Waals surface area contributed by atoms with Gasteiger partial charge in [0, 0.05) is 0 Å².